The summed E-state index contributed by atoms with van der Waals surface area (Å²) in [6, 6.07) is 5.04. The van der Waals surface area contributed by atoms with Gasteiger partial charge in [-0.1, -0.05) is 31.9 Å². The first-order valence-electron chi connectivity index (χ1n) is 4.13. The van der Waals surface area contributed by atoms with Crippen molar-refractivity contribution in [3.8, 4) is 0 Å². The number of hydrogen-bond acceptors (Lipinski definition) is 2. The lowest BCUT2D eigenvalue weighted by atomic mass is 10.1. The second-order valence-electron chi connectivity index (χ2n) is 2.87. The summed E-state index contributed by atoms with van der Waals surface area (Å²) in [7, 11) is 0. The molecule has 0 aromatic heterocycles. The smallest absolute Gasteiger partial charge is 0.258 e. The van der Waals surface area contributed by atoms with Gasteiger partial charge >= 0.3 is 0 Å². The third kappa shape index (κ3) is 3.38. The molecule has 0 aliphatic heterocycles. The maximum atomic E-state index is 10.6. The van der Waals surface area contributed by atoms with E-state index in [1.54, 1.807) is 6.07 Å². The molecule has 0 fully saturated rings. The molecular formula is C9H9Br2NO2. The fourth-order valence-electron chi connectivity index (χ4n) is 1.15. The Morgan fingerprint density at radius 3 is 2.64 bits per heavy atom. The fourth-order valence-corrected chi connectivity index (χ4v) is 1.96. The van der Waals surface area contributed by atoms with Crippen LogP contribution in [-0.2, 0) is 6.42 Å². The van der Waals surface area contributed by atoms with E-state index in [0.717, 1.165) is 28.2 Å². The van der Waals surface area contributed by atoms with Gasteiger partial charge < -0.3 is 0 Å². The molecule has 76 valence electrons. The van der Waals surface area contributed by atoms with E-state index >= 15 is 0 Å². The van der Waals surface area contributed by atoms with E-state index in [1.807, 2.05) is 6.07 Å². The van der Waals surface area contributed by atoms with Crippen LogP contribution >= 0.6 is 31.9 Å². The lowest BCUT2D eigenvalue weighted by Crippen LogP contribution is -1.92. The second-order valence-corrected chi connectivity index (χ2v) is 4.58. The van der Waals surface area contributed by atoms with Crippen LogP contribution in [0.1, 0.15) is 12.0 Å². The van der Waals surface area contributed by atoms with E-state index in [-0.39, 0.29) is 10.6 Å². The molecule has 0 saturated carbocycles. The van der Waals surface area contributed by atoms with Gasteiger partial charge in [-0.25, -0.2) is 0 Å². The molecule has 1 aromatic carbocycles. The molecule has 0 N–H and O–H groups in total. The van der Waals surface area contributed by atoms with Crippen molar-refractivity contribution in [3.05, 3.63) is 38.3 Å². The van der Waals surface area contributed by atoms with Gasteiger partial charge in [0.15, 0.2) is 0 Å². The van der Waals surface area contributed by atoms with E-state index < -0.39 is 0 Å². The summed E-state index contributed by atoms with van der Waals surface area (Å²) in [6.07, 6.45) is 1.83. The third-order valence-electron chi connectivity index (χ3n) is 1.75. The van der Waals surface area contributed by atoms with E-state index in [9.17, 15) is 10.1 Å². The summed E-state index contributed by atoms with van der Waals surface area (Å²) in [6.45, 7) is 0. The standard InChI is InChI=1S/C9H9Br2NO2/c10-3-1-2-7-4-8(11)6-9(5-7)12(13)14/h4-6H,1-3H2. The van der Waals surface area contributed by atoms with Crippen LogP contribution in [0.15, 0.2) is 22.7 Å². The first kappa shape index (κ1) is 11.7. The van der Waals surface area contributed by atoms with Crippen LogP contribution < -0.4 is 0 Å². The van der Waals surface area contributed by atoms with Crippen LogP contribution in [-0.4, -0.2) is 10.3 Å². The molecule has 0 unspecified atom stereocenters. The van der Waals surface area contributed by atoms with E-state index in [4.69, 9.17) is 0 Å². The second kappa shape index (κ2) is 5.46. The summed E-state index contributed by atoms with van der Waals surface area (Å²) in [5, 5.41) is 11.5. The molecule has 0 radical (unpaired) electrons. The third-order valence-corrected chi connectivity index (χ3v) is 2.77. The molecule has 0 atom stereocenters. The lowest BCUT2D eigenvalue weighted by molar-refractivity contribution is -0.385. The first-order valence-corrected chi connectivity index (χ1v) is 6.05. The van der Waals surface area contributed by atoms with Crippen molar-refractivity contribution in [3.63, 3.8) is 0 Å². The topological polar surface area (TPSA) is 43.1 Å². The summed E-state index contributed by atoms with van der Waals surface area (Å²) < 4.78 is 0.760. The van der Waals surface area contributed by atoms with Crippen LogP contribution in [0.3, 0.4) is 0 Å². The van der Waals surface area contributed by atoms with Gasteiger partial charge in [0, 0.05) is 21.9 Å². The number of aryl methyl sites for hydroxylation is 1. The van der Waals surface area contributed by atoms with Crippen molar-refractivity contribution < 1.29 is 4.92 Å². The van der Waals surface area contributed by atoms with Crippen LogP contribution in [0.5, 0.6) is 0 Å². The zero-order valence-electron chi connectivity index (χ0n) is 7.37. The summed E-state index contributed by atoms with van der Waals surface area (Å²) >= 11 is 6.58. The van der Waals surface area contributed by atoms with Crippen LogP contribution in [0.4, 0.5) is 5.69 Å². The first-order chi connectivity index (χ1) is 6.63. The molecule has 0 bridgehead atoms. The Hall–Kier alpha value is -0.420. The Morgan fingerprint density at radius 2 is 2.07 bits per heavy atom. The average molecular weight is 323 g/mol. The molecule has 0 saturated heterocycles. The summed E-state index contributed by atoms with van der Waals surface area (Å²) in [5.41, 5.74) is 1.13. The number of hydrogen-bond donors (Lipinski definition) is 0. The van der Waals surface area contributed by atoms with E-state index in [2.05, 4.69) is 31.9 Å². The molecule has 1 rings (SSSR count). The minimum absolute atomic E-state index is 0.143. The molecule has 0 amide bonds. The highest BCUT2D eigenvalue weighted by Gasteiger charge is 2.07. The number of rotatable bonds is 4. The van der Waals surface area contributed by atoms with E-state index in [0.29, 0.717) is 0 Å². The SMILES string of the molecule is O=[N+]([O-])c1cc(Br)cc(CCCBr)c1. The number of nitrogens with zero attached hydrogens (tertiary/aromatic N) is 1. The maximum Gasteiger partial charge on any atom is 0.270 e. The predicted molar refractivity (Wildman–Crippen MR) is 62.9 cm³/mol. The van der Waals surface area contributed by atoms with Gasteiger partial charge in [0.05, 0.1) is 4.92 Å². The molecule has 3 nitrogen and oxygen atoms in total. The van der Waals surface area contributed by atoms with Gasteiger partial charge in [-0.2, -0.15) is 0 Å². The van der Waals surface area contributed by atoms with Crippen LogP contribution in [0.25, 0.3) is 0 Å². The van der Waals surface area contributed by atoms with Crippen molar-refractivity contribution in [2.24, 2.45) is 0 Å². The van der Waals surface area contributed by atoms with Gasteiger partial charge in [0.2, 0.25) is 0 Å². The molecule has 5 heteroatoms. The van der Waals surface area contributed by atoms with Crippen molar-refractivity contribution >= 4 is 37.5 Å². The van der Waals surface area contributed by atoms with Gasteiger partial charge in [0.1, 0.15) is 0 Å². The number of nitro benzene ring substituents is 1. The van der Waals surface area contributed by atoms with Crippen molar-refractivity contribution in [1.82, 2.24) is 0 Å². The fraction of sp³-hybridized carbons (Fsp3) is 0.333. The van der Waals surface area contributed by atoms with Crippen LogP contribution in [0.2, 0.25) is 0 Å². The zero-order valence-corrected chi connectivity index (χ0v) is 10.5. The Labute approximate surface area is 98.9 Å². The Balaban J connectivity index is 2.89. The highest BCUT2D eigenvalue weighted by Crippen LogP contribution is 2.22. The number of nitro groups is 1. The molecule has 0 heterocycles. The highest BCUT2D eigenvalue weighted by molar-refractivity contribution is 9.10. The summed E-state index contributed by atoms with van der Waals surface area (Å²) in [4.78, 5) is 10.2. The van der Waals surface area contributed by atoms with Gasteiger partial charge in [-0.15, -0.1) is 0 Å². The van der Waals surface area contributed by atoms with Crippen molar-refractivity contribution in [1.29, 1.82) is 0 Å². The minimum Gasteiger partial charge on any atom is -0.258 e. The molecule has 1 aromatic rings. The average Bonchev–Trinajstić information content (AvgIpc) is 2.14. The highest BCUT2D eigenvalue weighted by atomic mass is 79.9. The van der Waals surface area contributed by atoms with Crippen LogP contribution in [0, 0.1) is 10.1 Å². The van der Waals surface area contributed by atoms with Crippen molar-refractivity contribution in [2.45, 2.75) is 12.8 Å². The minimum atomic E-state index is -0.373. The zero-order chi connectivity index (χ0) is 10.6. The largest absolute Gasteiger partial charge is 0.270 e. The van der Waals surface area contributed by atoms with Gasteiger partial charge in [-0.05, 0) is 24.5 Å². The van der Waals surface area contributed by atoms with Gasteiger partial charge in [0.25, 0.3) is 5.69 Å². The molecule has 0 spiro atoms. The summed E-state index contributed by atoms with van der Waals surface area (Å²) in [5.74, 6) is 0. The molecular weight excluding hydrogens is 314 g/mol. The number of non-ortho nitro benzene ring substituents is 1. The quantitative estimate of drug-likeness (QED) is 0.482. The Bertz CT molecular complexity index is 342. The Kier molecular flexibility index (Phi) is 4.54. The number of benzene rings is 1. The van der Waals surface area contributed by atoms with Crippen molar-refractivity contribution in [2.75, 3.05) is 5.33 Å². The predicted octanol–water partition coefficient (Wildman–Crippen LogP) is 3.68. The van der Waals surface area contributed by atoms with E-state index in [1.165, 1.54) is 6.07 Å². The Morgan fingerprint density at radius 1 is 1.36 bits per heavy atom. The maximum absolute atomic E-state index is 10.6. The van der Waals surface area contributed by atoms with Gasteiger partial charge in [-0.3, -0.25) is 10.1 Å². The molecule has 14 heavy (non-hydrogen) atoms. The molecule has 0 aliphatic rings. The lowest BCUT2D eigenvalue weighted by Gasteiger charge is -2.00. The number of alkyl halides is 1. The number of halogens is 2. The normalized spacial score (nSPS) is 10.1. The molecule has 0 aliphatic carbocycles. The monoisotopic (exact) mass is 321 g/mol.